The van der Waals surface area contributed by atoms with Crippen LogP contribution in [0.25, 0.3) is 0 Å². The molecule has 1 saturated heterocycles. The van der Waals surface area contributed by atoms with Gasteiger partial charge in [0.1, 0.15) is 6.04 Å². The third kappa shape index (κ3) is 5.89. The first kappa shape index (κ1) is 19.5. The highest BCUT2D eigenvalue weighted by molar-refractivity contribution is 5.85. The third-order valence-electron chi connectivity index (χ3n) is 3.63. The Morgan fingerprint density at radius 3 is 2.78 bits per heavy atom. The van der Waals surface area contributed by atoms with Crippen molar-refractivity contribution in [1.82, 2.24) is 10.6 Å². The van der Waals surface area contributed by atoms with Gasteiger partial charge in [0.05, 0.1) is 27.4 Å². The standard InChI is InChI=1S/C16H24N2O4.ClH/c1-20-14-6-5-12(10-15(14)21-2)4-3-7-18-16(19)13-11-22-9-8-17-13;/h5-6,10,13,17H,3-4,7-9,11H2,1-2H3,(H,18,19);1H. The molecule has 1 fully saturated rings. The smallest absolute Gasteiger partial charge is 0.239 e. The molecular weight excluding hydrogens is 320 g/mol. The van der Waals surface area contributed by atoms with E-state index in [1.165, 1.54) is 0 Å². The molecule has 1 aliphatic heterocycles. The van der Waals surface area contributed by atoms with Gasteiger partial charge in [-0.05, 0) is 30.5 Å². The number of carbonyl (C=O) groups is 1. The van der Waals surface area contributed by atoms with Crippen LogP contribution in [0.1, 0.15) is 12.0 Å². The molecule has 0 saturated carbocycles. The number of rotatable bonds is 7. The van der Waals surface area contributed by atoms with E-state index >= 15 is 0 Å². The Hall–Kier alpha value is -1.50. The predicted molar refractivity (Wildman–Crippen MR) is 90.7 cm³/mol. The van der Waals surface area contributed by atoms with Crippen LogP contribution in [-0.4, -0.2) is 52.5 Å². The van der Waals surface area contributed by atoms with Crippen molar-refractivity contribution < 1.29 is 19.0 Å². The van der Waals surface area contributed by atoms with E-state index in [0.29, 0.717) is 19.8 Å². The molecule has 0 spiro atoms. The maximum absolute atomic E-state index is 11.9. The summed E-state index contributed by atoms with van der Waals surface area (Å²) in [5.74, 6) is 1.46. The quantitative estimate of drug-likeness (QED) is 0.727. The van der Waals surface area contributed by atoms with Crippen LogP contribution in [0.5, 0.6) is 11.5 Å². The molecule has 2 N–H and O–H groups in total. The van der Waals surface area contributed by atoms with Gasteiger partial charge < -0.3 is 24.8 Å². The van der Waals surface area contributed by atoms with Crippen molar-refractivity contribution in [2.24, 2.45) is 0 Å². The van der Waals surface area contributed by atoms with E-state index in [1.807, 2.05) is 18.2 Å². The molecule has 0 aliphatic carbocycles. The SMILES string of the molecule is COc1ccc(CCCNC(=O)C2COCCN2)cc1OC.Cl. The summed E-state index contributed by atoms with van der Waals surface area (Å²) in [7, 11) is 3.25. The van der Waals surface area contributed by atoms with Crippen molar-refractivity contribution in [2.75, 3.05) is 40.5 Å². The van der Waals surface area contributed by atoms with Gasteiger partial charge in [0.25, 0.3) is 0 Å². The van der Waals surface area contributed by atoms with Crippen LogP contribution in [0.4, 0.5) is 0 Å². The number of hydrogen-bond acceptors (Lipinski definition) is 5. The molecule has 1 aromatic carbocycles. The highest BCUT2D eigenvalue weighted by Crippen LogP contribution is 2.27. The van der Waals surface area contributed by atoms with Gasteiger partial charge in [-0.3, -0.25) is 4.79 Å². The number of halogens is 1. The van der Waals surface area contributed by atoms with E-state index in [0.717, 1.165) is 36.4 Å². The van der Waals surface area contributed by atoms with Crippen LogP contribution in [0, 0.1) is 0 Å². The molecule has 0 radical (unpaired) electrons. The summed E-state index contributed by atoms with van der Waals surface area (Å²) in [6.07, 6.45) is 1.74. The van der Waals surface area contributed by atoms with E-state index in [9.17, 15) is 4.79 Å². The largest absolute Gasteiger partial charge is 0.493 e. The lowest BCUT2D eigenvalue weighted by atomic mass is 10.1. The Morgan fingerprint density at radius 2 is 2.13 bits per heavy atom. The second-order valence-corrected chi connectivity index (χ2v) is 5.17. The summed E-state index contributed by atoms with van der Waals surface area (Å²) in [5.41, 5.74) is 1.16. The fourth-order valence-corrected chi connectivity index (χ4v) is 2.40. The second-order valence-electron chi connectivity index (χ2n) is 5.17. The van der Waals surface area contributed by atoms with Gasteiger partial charge in [0.15, 0.2) is 11.5 Å². The fourth-order valence-electron chi connectivity index (χ4n) is 2.40. The van der Waals surface area contributed by atoms with Crippen molar-refractivity contribution in [3.05, 3.63) is 23.8 Å². The van der Waals surface area contributed by atoms with Gasteiger partial charge in [-0.1, -0.05) is 6.07 Å². The molecule has 2 rings (SSSR count). The molecule has 1 amide bonds. The Kier molecular flexibility index (Phi) is 8.76. The molecule has 130 valence electrons. The lowest BCUT2D eigenvalue weighted by Gasteiger charge is -2.22. The summed E-state index contributed by atoms with van der Waals surface area (Å²) in [6.45, 7) is 2.49. The summed E-state index contributed by atoms with van der Waals surface area (Å²) in [4.78, 5) is 11.9. The van der Waals surface area contributed by atoms with Gasteiger partial charge in [0, 0.05) is 13.1 Å². The van der Waals surface area contributed by atoms with Crippen molar-refractivity contribution in [3.63, 3.8) is 0 Å². The minimum absolute atomic E-state index is 0. The van der Waals surface area contributed by atoms with Gasteiger partial charge in [-0.2, -0.15) is 0 Å². The zero-order valence-corrected chi connectivity index (χ0v) is 14.4. The number of aryl methyl sites for hydroxylation is 1. The van der Waals surface area contributed by atoms with Crippen molar-refractivity contribution >= 4 is 18.3 Å². The van der Waals surface area contributed by atoms with Gasteiger partial charge in [-0.15, -0.1) is 12.4 Å². The number of morpholine rings is 1. The number of hydrogen-bond donors (Lipinski definition) is 2. The summed E-state index contributed by atoms with van der Waals surface area (Å²) in [5, 5.41) is 6.07. The molecule has 7 heteroatoms. The maximum atomic E-state index is 11.9. The number of benzene rings is 1. The number of methoxy groups -OCH3 is 2. The number of carbonyl (C=O) groups excluding carboxylic acids is 1. The highest BCUT2D eigenvalue weighted by Gasteiger charge is 2.20. The lowest BCUT2D eigenvalue weighted by molar-refractivity contribution is -0.125. The second kappa shape index (κ2) is 10.3. The Morgan fingerprint density at radius 1 is 1.35 bits per heavy atom. The minimum atomic E-state index is -0.227. The number of amides is 1. The molecule has 1 atom stereocenters. The van der Waals surface area contributed by atoms with Gasteiger partial charge in [-0.25, -0.2) is 0 Å². The average Bonchev–Trinajstić information content (AvgIpc) is 2.59. The molecule has 1 unspecified atom stereocenters. The molecular formula is C16H25ClN2O4. The normalized spacial score (nSPS) is 17.0. The van der Waals surface area contributed by atoms with Crippen LogP contribution in [-0.2, 0) is 16.0 Å². The number of ether oxygens (including phenoxy) is 3. The molecule has 1 aromatic rings. The monoisotopic (exact) mass is 344 g/mol. The Labute approximate surface area is 143 Å². The van der Waals surface area contributed by atoms with Crippen molar-refractivity contribution in [3.8, 4) is 11.5 Å². The molecule has 6 nitrogen and oxygen atoms in total. The summed E-state index contributed by atoms with van der Waals surface area (Å²) in [6, 6.07) is 5.65. The van der Waals surface area contributed by atoms with E-state index in [2.05, 4.69) is 10.6 Å². The molecule has 1 aliphatic rings. The third-order valence-corrected chi connectivity index (χ3v) is 3.63. The van der Waals surface area contributed by atoms with Crippen molar-refractivity contribution in [2.45, 2.75) is 18.9 Å². The van der Waals surface area contributed by atoms with Crippen LogP contribution < -0.4 is 20.1 Å². The topological polar surface area (TPSA) is 68.8 Å². The Bertz CT molecular complexity index is 493. The molecule has 0 aromatic heterocycles. The van der Waals surface area contributed by atoms with Crippen LogP contribution in [0.3, 0.4) is 0 Å². The summed E-state index contributed by atoms with van der Waals surface area (Å²) >= 11 is 0. The van der Waals surface area contributed by atoms with Crippen LogP contribution >= 0.6 is 12.4 Å². The molecule has 0 bridgehead atoms. The highest BCUT2D eigenvalue weighted by atomic mass is 35.5. The van der Waals surface area contributed by atoms with Crippen LogP contribution in [0.2, 0.25) is 0 Å². The van der Waals surface area contributed by atoms with Gasteiger partial charge in [0.2, 0.25) is 5.91 Å². The number of nitrogens with one attached hydrogen (secondary N) is 2. The van der Waals surface area contributed by atoms with Gasteiger partial charge >= 0.3 is 0 Å². The van der Waals surface area contributed by atoms with E-state index in [-0.39, 0.29) is 24.4 Å². The first-order valence-electron chi connectivity index (χ1n) is 7.54. The molecule has 1 heterocycles. The van der Waals surface area contributed by atoms with E-state index < -0.39 is 0 Å². The summed E-state index contributed by atoms with van der Waals surface area (Å²) < 4.78 is 15.8. The zero-order valence-electron chi connectivity index (χ0n) is 13.6. The van der Waals surface area contributed by atoms with Crippen molar-refractivity contribution in [1.29, 1.82) is 0 Å². The lowest BCUT2D eigenvalue weighted by Crippen LogP contribution is -2.51. The zero-order chi connectivity index (χ0) is 15.8. The average molecular weight is 345 g/mol. The first-order valence-corrected chi connectivity index (χ1v) is 7.54. The van der Waals surface area contributed by atoms with E-state index in [4.69, 9.17) is 14.2 Å². The first-order chi connectivity index (χ1) is 10.7. The van der Waals surface area contributed by atoms with E-state index in [1.54, 1.807) is 14.2 Å². The maximum Gasteiger partial charge on any atom is 0.239 e. The van der Waals surface area contributed by atoms with Crippen LogP contribution in [0.15, 0.2) is 18.2 Å². The predicted octanol–water partition coefficient (Wildman–Crippen LogP) is 1.16. The Balaban J connectivity index is 0.00000264. The fraction of sp³-hybridized carbons (Fsp3) is 0.562. The molecule has 23 heavy (non-hydrogen) atoms. The minimum Gasteiger partial charge on any atom is -0.493 e.